The van der Waals surface area contributed by atoms with Crippen LogP contribution in [0.15, 0.2) is 59.1 Å². The first-order valence-corrected chi connectivity index (χ1v) is 9.86. The van der Waals surface area contributed by atoms with Crippen molar-refractivity contribution in [2.75, 3.05) is 19.8 Å². The number of hydrogen-bond acceptors (Lipinski definition) is 4. The maximum Gasteiger partial charge on any atom is 0.252 e. The molecule has 0 radical (unpaired) electrons. The number of oxazole rings is 1. The number of aromatic nitrogens is 1. The van der Waals surface area contributed by atoms with Crippen LogP contribution in [-0.2, 0) is 4.74 Å². The van der Waals surface area contributed by atoms with Crippen LogP contribution in [0.25, 0.3) is 22.8 Å². The lowest BCUT2D eigenvalue weighted by molar-refractivity contribution is 0.0941. The molecular formula is C23H25FN2O3. The molecule has 152 valence electrons. The molecule has 0 atom stereocenters. The average molecular weight is 396 g/mol. The van der Waals surface area contributed by atoms with E-state index in [1.807, 2.05) is 6.07 Å². The van der Waals surface area contributed by atoms with Gasteiger partial charge < -0.3 is 14.5 Å². The van der Waals surface area contributed by atoms with Gasteiger partial charge in [-0.15, -0.1) is 0 Å². The van der Waals surface area contributed by atoms with Crippen LogP contribution in [-0.4, -0.2) is 30.6 Å². The minimum absolute atomic E-state index is 0.185. The van der Waals surface area contributed by atoms with Gasteiger partial charge in [0, 0.05) is 30.9 Å². The Morgan fingerprint density at radius 1 is 1.10 bits per heavy atom. The van der Waals surface area contributed by atoms with Crippen LogP contribution < -0.4 is 5.32 Å². The minimum Gasteiger partial charge on any atom is -0.436 e. The quantitative estimate of drug-likeness (QED) is 0.485. The summed E-state index contributed by atoms with van der Waals surface area (Å²) in [6.45, 7) is 4.04. The number of unbranched alkanes of at least 4 members (excludes halogenated alkanes) is 1. The van der Waals surface area contributed by atoms with Crippen LogP contribution in [0, 0.1) is 5.82 Å². The van der Waals surface area contributed by atoms with Crippen molar-refractivity contribution in [1.29, 1.82) is 0 Å². The van der Waals surface area contributed by atoms with Gasteiger partial charge in [-0.25, -0.2) is 9.37 Å². The molecule has 0 unspecified atom stereocenters. The molecule has 0 bridgehead atoms. The fourth-order valence-corrected chi connectivity index (χ4v) is 2.83. The molecule has 1 N–H and O–H groups in total. The first-order valence-electron chi connectivity index (χ1n) is 9.86. The van der Waals surface area contributed by atoms with Crippen molar-refractivity contribution in [2.24, 2.45) is 0 Å². The summed E-state index contributed by atoms with van der Waals surface area (Å²) in [6, 6.07) is 13.1. The molecule has 0 saturated carbocycles. The first-order chi connectivity index (χ1) is 14.2. The van der Waals surface area contributed by atoms with Gasteiger partial charge in [-0.3, -0.25) is 4.79 Å². The highest BCUT2D eigenvalue weighted by Gasteiger charge is 2.16. The van der Waals surface area contributed by atoms with Crippen LogP contribution in [0.5, 0.6) is 0 Å². The van der Waals surface area contributed by atoms with Gasteiger partial charge in [0.25, 0.3) is 5.91 Å². The Bertz CT molecular complexity index is 922. The standard InChI is InChI=1S/C23H25FN2O3/c1-2-3-14-28-15-6-13-25-22(27)19-7-4-5-8-20(19)23-26-16-21(29-23)17-9-11-18(24)12-10-17/h4-5,7-12,16H,2-3,6,13-15H2,1H3,(H,25,27). The normalized spacial score (nSPS) is 10.8. The van der Waals surface area contributed by atoms with E-state index in [9.17, 15) is 9.18 Å². The summed E-state index contributed by atoms with van der Waals surface area (Å²) in [7, 11) is 0. The third-order valence-electron chi connectivity index (χ3n) is 4.43. The summed E-state index contributed by atoms with van der Waals surface area (Å²) in [6.07, 6.45) is 4.49. The predicted molar refractivity (Wildman–Crippen MR) is 110 cm³/mol. The fraction of sp³-hybridized carbons (Fsp3) is 0.304. The number of halogens is 1. The number of carbonyl (C=O) groups excluding carboxylic acids is 1. The van der Waals surface area contributed by atoms with Gasteiger partial charge >= 0.3 is 0 Å². The molecule has 1 heterocycles. The van der Waals surface area contributed by atoms with Gasteiger partial charge in [-0.1, -0.05) is 25.5 Å². The molecular weight excluding hydrogens is 371 g/mol. The maximum atomic E-state index is 13.1. The lowest BCUT2D eigenvalue weighted by Crippen LogP contribution is -2.25. The Hall–Kier alpha value is -2.99. The number of hydrogen-bond donors (Lipinski definition) is 1. The van der Waals surface area contributed by atoms with Crippen LogP contribution in [0.4, 0.5) is 4.39 Å². The molecule has 3 rings (SSSR count). The second-order valence-electron chi connectivity index (χ2n) is 6.66. The molecule has 0 aliphatic carbocycles. The van der Waals surface area contributed by atoms with Crippen molar-refractivity contribution < 1.29 is 18.3 Å². The Kier molecular flexibility index (Phi) is 7.53. The zero-order valence-corrected chi connectivity index (χ0v) is 16.5. The topological polar surface area (TPSA) is 64.4 Å². The van der Waals surface area contributed by atoms with Crippen LogP contribution in [0.2, 0.25) is 0 Å². The summed E-state index contributed by atoms with van der Waals surface area (Å²) in [4.78, 5) is 16.9. The van der Waals surface area contributed by atoms with Crippen molar-refractivity contribution in [3.63, 3.8) is 0 Å². The predicted octanol–water partition coefficient (Wildman–Crippen LogP) is 5.08. The SMILES string of the molecule is CCCCOCCCNC(=O)c1ccccc1-c1ncc(-c2ccc(F)cc2)o1. The summed E-state index contributed by atoms with van der Waals surface area (Å²) in [5, 5.41) is 2.91. The lowest BCUT2D eigenvalue weighted by atomic mass is 10.1. The monoisotopic (exact) mass is 396 g/mol. The van der Waals surface area contributed by atoms with Gasteiger partial charge in [0.05, 0.1) is 11.8 Å². The zero-order valence-electron chi connectivity index (χ0n) is 16.5. The van der Waals surface area contributed by atoms with Crippen LogP contribution in [0.3, 0.4) is 0 Å². The number of nitrogens with one attached hydrogen (secondary N) is 1. The van der Waals surface area contributed by atoms with E-state index in [1.54, 1.807) is 36.5 Å². The number of amides is 1. The van der Waals surface area contributed by atoms with Crippen molar-refractivity contribution in [1.82, 2.24) is 10.3 Å². The second kappa shape index (κ2) is 10.5. The largest absolute Gasteiger partial charge is 0.436 e. The molecule has 1 aromatic heterocycles. The van der Waals surface area contributed by atoms with E-state index in [-0.39, 0.29) is 11.7 Å². The number of carbonyl (C=O) groups is 1. The Morgan fingerprint density at radius 3 is 2.66 bits per heavy atom. The van der Waals surface area contributed by atoms with E-state index in [2.05, 4.69) is 17.2 Å². The molecule has 2 aromatic carbocycles. The van der Waals surface area contributed by atoms with E-state index in [0.717, 1.165) is 31.4 Å². The summed E-state index contributed by atoms with van der Waals surface area (Å²) < 4.78 is 24.5. The third-order valence-corrected chi connectivity index (χ3v) is 4.43. The first kappa shape index (κ1) is 20.7. The van der Waals surface area contributed by atoms with Crippen molar-refractivity contribution in [2.45, 2.75) is 26.2 Å². The highest BCUT2D eigenvalue weighted by Crippen LogP contribution is 2.28. The number of benzene rings is 2. The molecule has 0 spiro atoms. The van der Waals surface area contributed by atoms with E-state index < -0.39 is 0 Å². The second-order valence-corrected chi connectivity index (χ2v) is 6.66. The van der Waals surface area contributed by atoms with E-state index in [0.29, 0.717) is 35.9 Å². The molecule has 0 aliphatic rings. The number of rotatable bonds is 10. The van der Waals surface area contributed by atoms with Crippen LogP contribution in [0.1, 0.15) is 36.5 Å². The number of nitrogens with zero attached hydrogens (tertiary/aromatic N) is 1. The summed E-state index contributed by atoms with van der Waals surface area (Å²) in [5.41, 5.74) is 1.82. The zero-order chi connectivity index (χ0) is 20.5. The Balaban J connectivity index is 1.64. The van der Waals surface area contributed by atoms with Crippen molar-refractivity contribution in [3.05, 3.63) is 66.1 Å². The summed E-state index contributed by atoms with van der Waals surface area (Å²) in [5.74, 6) is 0.361. The summed E-state index contributed by atoms with van der Waals surface area (Å²) >= 11 is 0. The molecule has 0 fully saturated rings. The van der Waals surface area contributed by atoms with Gasteiger partial charge in [0.15, 0.2) is 5.76 Å². The Labute approximate surface area is 169 Å². The highest BCUT2D eigenvalue weighted by atomic mass is 19.1. The molecule has 5 nitrogen and oxygen atoms in total. The molecule has 29 heavy (non-hydrogen) atoms. The minimum atomic E-state index is -0.314. The number of ether oxygens (including phenoxy) is 1. The smallest absolute Gasteiger partial charge is 0.252 e. The van der Waals surface area contributed by atoms with E-state index in [4.69, 9.17) is 9.15 Å². The highest BCUT2D eigenvalue weighted by molar-refractivity contribution is 6.00. The third kappa shape index (κ3) is 5.74. The average Bonchev–Trinajstić information content (AvgIpc) is 3.23. The van der Waals surface area contributed by atoms with Gasteiger partial charge in [-0.2, -0.15) is 0 Å². The molecule has 0 saturated heterocycles. The van der Waals surface area contributed by atoms with E-state index in [1.165, 1.54) is 12.1 Å². The maximum absolute atomic E-state index is 13.1. The molecule has 1 amide bonds. The van der Waals surface area contributed by atoms with Crippen LogP contribution >= 0.6 is 0 Å². The van der Waals surface area contributed by atoms with Gasteiger partial charge in [0.2, 0.25) is 5.89 Å². The van der Waals surface area contributed by atoms with E-state index >= 15 is 0 Å². The molecule has 3 aromatic rings. The Morgan fingerprint density at radius 2 is 1.86 bits per heavy atom. The van der Waals surface area contributed by atoms with Gasteiger partial charge in [0.1, 0.15) is 5.82 Å². The lowest BCUT2D eigenvalue weighted by Gasteiger charge is -2.08. The fourth-order valence-electron chi connectivity index (χ4n) is 2.83. The van der Waals surface area contributed by atoms with Gasteiger partial charge in [-0.05, 0) is 49.2 Å². The molecule has 0 aliphatic heterocycles. The van der Waals surface area contributed by atoms with Crippen molar-refractivity contribution >= 4 is 5.91 Å². The van der Waals surface area contributed by atoms with Crippen molar-refractivity contribution in [3.8, 4) is 22.8 Å². The molecule has 6 heteroatoms.